The summed E-state index contributed by atoms with van der Waals surface area (Å²) < 4.78 is 6.21. The van der Waals surface area contributed by atoms with E-state index in [1.54, 1.807) is 7.11 Å². The lowest BCUT2D eigenvalue weighted by atomic mass is 9.91. The molecule has 0 radical (unpaired) electrons. The summed E-state index contributed by atoms with van der Waals surface area (Å²) in [6, 6.07) is 7.26. The number of nitrogens with zero attached hydrogens (tertiary/aromatic N) is 1. The first-order chi connectivity index (χ1) is 9.22. The molecule has 0 amide bonds. The molecule has 1 fully saturated rings. The fourth-order valence-corrected chi connectivity index (χ4v) is 2.73. The average Bonchev–Trinajstić information content (AvgIpc) is 2.34. The Kier molecular flexibility index (Phi) is 5.67. The molecule has 3 nitrogen and oxygen atoms in total. The summed E-state index contributed by atoms with van der Waals surface area (Å²) in [5.41, 5.74) is 2.69. The van der Waals surface area contributed by atoms with Gasteiger partial charge in [-0.05, 0) is 37.0 Å². The lowest BCUT2D eigenvalue weighted by molar-refractivity contribution is 0.199. The van der Waals surface area contributed by atoms with Crippen LogP contribution in [-0.2, 0) is 11.3 Å². The molecule has 19 heavy (non-hydrogen) atoms. The lowest BCUT2D eigenvalue weighted by Gasteiger charge is -2.37. The van der Waals surface area contributed by atoms with Gasteiger partial charge in [-0.2, -0.15) is 0 Å². The number of halogens is 1. The van der Waals surface area contributed by atoms with E-state index < -0.39 is 0 Å². The second-order valence-corrected chi connectivity index (χ2v) is 6.05. The minimum Gasteiger partial charge on any atom is -0.383 e. The van der Waals surface area contributed by atoms with E-state index in [0.29, 0.717) is 6.04 Å². The molecule has 1 aromatic carbocycles. The predicted molar refractivity (Wildman–Crippen MR) is 83.8 cm³/mol. The van der Waals surface area contributed by atoms with Crippen LogP contribution in [0.2, 0.25) is 0 Å². The Labute approximate surface area is 124 Å². The Morgan fingerprint density at radius 3 is 2.84 bits per heavy atom. The van der Waals surface area contributed by atoms with Crippen LogP contribution in [0, 0.1) is 0 Å². The Morgan fingerprint density at radius 2 is 2.21 bits per heavy atom. The molecule has 4 heteroatoms. The Bertz CT molecular complexity index is 407. The van der Waals surface area contributed by atoms with Gasteiger partial charge >= 0.3 is 0 Å². The number of nitrogens with one attached hydrogen (secondary N) is 1. The number of benzene rings is 1. The fraction of sp³-hybridized carbons (Fsp3) is 0.600. The summed E-state index contributed by atoms with van der Waals surface area (Å²) in [6.45, 7) is 2.53. The van der Waals surface area contributed by atoms with Gasteiger partial charge in [-0.1, -0.05) is 22.0 Å². The molecule has 0 aromatic heterocycles. The highest BCUT2D eigenvalue weighted by molar-refractivity contribution is 9.10. The van der Waals surface area contributed by atoms with Gasteiger partial charge in [0.05, 0.1) is 6.61 Å². The van der Waals surface area contributed by atoms with Gasteiger partial charge in [0.25, 0.3) is 0 Å². The minimum absolute atomic E-state index is 0.715. The van der Waals surface area contributed by atoms with Crippen LogP contribution < -0.4 is 10.2 Å². The molecule has 0 unspecified atom stereocenters. The number of anilines is 1. The molecule has 1 aromatic rings. The number of methoxy groups -OCH3 is 1. The predicted octanol–water partition coefficient (Wildman–Crippen LogP) is 3.17. The summed E-state index contributed by atoms with van der Waals surface area (Å²) in [5, 5.41) is 3.43. The topological polar surface area (TPSA) is 24.5 Å². The molecule has 0 bridgehead atoms. The van der Waals surface area contributed by atoms with E-state index in [0.717, 1.165) is 24.2 Å². The molecule has 0 atom stereocenters. The lowest BCUT2D eigenvalue weighted by Crippen LogP contribution is -2.38. The van der Waals surface area contributed by atoms with E-state index in [1.165, 1.54) is 30.5 Å². The molecule has 0 spiro atoms. The second-order valence-electron chi connectivity index (χ2n) is 5.14. The maximum Gasteiger partial charge on any atom is 0.0587 e. The molecular weight excluding hydrogens is 304 g/mol. The zero-order valence-corrected chi connectivity index (χ0v) is 13.4. The van der Waals surface area contributed by atoms with Gasteiger partial charge in [-0.25, -0.2) is 0 Å². The maximum atomic E-state index is 5.06. The number of hydrogen-bond donors (Lipinski definition) is 1. The van der Waals surface area contributed by atoms with E-state index in [1.807, 2.05) is 0 Å². The van der Waals surface area contributed by atoms with Gasteiger partial charge in [-0.15, -0.1) is 0 Å². The average molecular weight is 327 g/mol. The van der Waals surface area contributed by atoms with Crippen LogP contribution in [0.5, 0.6) is 0 Å². The SMILES string of the molecule is COCCNCc1ccc(Br)cc1N(C)C1CCC1. The largest absolute Gasteiger partial charge is 0.383 e. The van der Waals surface area contributed by atoms with Crippen molar-refractivity contribution in [3.63, 3.8) is 0 Å². The van der Waals surface area contributed by atoms with Crippen LogP contribution in [0.15, 0.2) is 22.7 Å². The Hall–Kier alpha value is -0.580. The van der Waals surface area contributed by atoms with Crippen LogP contribution >= 0.6 is 15.9 Å². The molecule has 0 aliphatic heterocycles. The summed E-state index contributed by atoms with van der Waals surface area (Å²) in [4.78, 5) is 2.43. The first-order valence-electron chi connectivity index (χ1n) is 6.93. The molecule has 106 valence electrons. The van der Waals surface area contributed by atoms with Crippen molar-refractivity contribution < 1.29 is 4.74 Å². The van der Waals surface area contributed by atoms with Gasteiger partial charge in [0, 0.05) is 43.4 Å². The zero-order valence-electron chi connectivity index (χ0n) is 11.8. The summed E-state index contributed by atoms with van der Waals surface area (Å²) >= 11 is 3.58. The Balaban J connectivity index is 2.03. The van der Waals surface area contributed by atoms with E-state index in [2.05, 4.69) is 51.4 Å². The van der Waals surface area contributed by atoms with Crippen molar-refractivity contribution in [2.45, 2.75) is 31.8 Å². The van der Waals surface area contributed by atoms with Gasteiger partial charge in [0.2, 0.25) is 0 Å². The summed E-state index contributed by atoms with van der Waals surface area (Å²) in [7, 11) is 3.95. The molecule has 0 saturated heterocycles. The van der Waals surface area contributed by atoms with E-state index in [-0.39, 0.29) is 0 Å². The number of ether oxygens (including phenoxy) is 1. The van der Waals surface area contributed by atoms with Crippen molar-refractivity contribution >= 4 is 21.6 Å². The smallest absolute Gasteiger partial charge is 0.0587 e. The van der Waals surface area contributed by atoms with Crippen LogP contribution in [0.3, 0.4) is 0 Å². The van der Waals surface area contributed by atoms with Crippen LogP contribution in [0.25, 0.3) is 0 Å². The molecule has 2 rings (SSSR count). The Morgan fingerprint density at radius 1 is 1.42 bits per heavy atom. The van der Waals surface area contributed by atoms with E-state index in [4.69, 9.17) is 4.74 Å². The van der Waals surface area contributed by atoms with Crippen LogP contribution in [-0.4, -0.2) is 33.4 Å². The van der Waals surface area contributed by atoms with E-state index in [9.17, 15) is 0 Å². The zero-order chi connectivity index (χ0) is 13.7. The standard InChI is InChI=1S/C15H23BrN2O/c1-18(14-4-3-5-14)15-10-13(16)7-6-12(15)11-17-8-9-19-2/h6-7,10,14,17H,3-5,8-9,11H2,1-2H3. The van der Waals surface area contributed by atoms with Crippen molar-refractivity contribution in [1.29, 1.82) is 0 Å². The van der Waals surface area contributed by atoms with E-state index >= 15 is 0 Å². The highest BCUT2D eigenvalue weighted by Gasteiger charge is 2.23. The van der Waals surface area contributed by atoms with Crippen molar-refractivity contribution in [3.8, 4) is 0 Å². The normalized spacial score (nSPS) is 15.3. The van der Waals surface area contributed by atoms with Crippen molar-refractivity contribution in [3.05, 3.63) is 28.2 Å². The molecule has 1 aliphatic carbocycles. The number of hydrogen-bond acceptors (Lipinski definition) is 3. The monoisotopic (exact) mass is 326 g/mol. The highest BCUT2D eigenvalue weighted by atomic mass is 79.9. The van der Waals surface area contributed by atoms with Crippen LogP contribution in [0.4, 0.5) is 5.69 Å². The molecule has 0 heterocycles. The first kappa shape index (κ1) is 14.8. The van der Waals surface area contributed by atoms with Gasteiger partial charge in [0.15, 0.2) is 0 Å². The second kappa shape index (κ2) is 7.27. The minimum atomic E-state index is 0.715. The first-order valence-corrected chi connectivity index (χ1v) is 7.72. The third-order valence-electron chi connectivity index (χ3n) is 3.85. The van der Waals surface area contributed by atoms with Gasteiger partial charge in [0.1, 0.15) is 0 Å². The number of rotatable bonds is 7. The third-order valence-corrected chi connectivity index (χ3v) is 4.34. The fourth-order valence-electron chi connectivity index (χ4n) is 2.38. The molecule has 1 aliphatic rings. The maximum absolute atomic E-state index is 5.06. The molecular formula is C15H23BrN2O. The molecule has 1 N–H and O–H groups in total. The van der Waals surface area contributed by atoms with Crippen molar-refractivity contribution in [2.75, 3.05) is 32.2 Å². The molecule has 1 saturated carbocycles. The third kappa shape index (κ3) is 3.94. The van der Waals surface area contributed by atoms with Crippen molar-refractivity contribution in [2.24, 2.45) is 0 Å². The van der Waals surface area contributed by atoms with Gasteiger partial charge < -0.3 is 15.0 Å². The van der Waals surface area contributed by atoms with Gasteiger partial charge in [-0.3, -0.25) is 0 Å². The highest BCUT2D eigenvalue weighted by Crippen LogP contribution is 2.32. The van der Waals surface area contributed by atoms with Crippen molar-refractivity contribution in [1.82, 2.24) is 5.32 Å². The quantitative estimate of drug-likeness (QED) is 0.779. The van der Waals surface area contributed by atoms with Crippen LogP contribution in [0.1, 0.15) is 24.8 Å². The summed E-state index contributed by atoms with van der Waals surface area (Å²) in [6.07, 6.45) is 4.00. The summed E-state index contributed by atoms with van der Waals surface area (Å²) in [5.74, 6) is 0.